The van der Waals surface area contributed by atoms with Crippen LogP contribution >= 0.6 is 0 Å². The van der Waals surface area contributed by atoms with Crippen molar-refractivity contribution in [1.82, 2.24) is 9.78 Å². The van der Waals surface area contributed by atoms with Crippen LogP contribution in [0, 0.1) is 11.3 Å². The third-order valence-electron chi connectivity index (χ3n) is 5.08. The third kappa shape index (κ3) is 4.86. The van der Waals surface area contributed by atoms with E-state index in [0.29, 0.717) is 23.6 Å². The zero-order valence-electron chi connectivity index (χ0n) is 17.9. The van der Waals surface area contributed by atoms with Crippen LogP contribution < -0.4 is 4.74 Å². The average Bonchev–Trinajstić information content (AvgIpc) is 3.25. The van der Waals surface area contributed by atoms with Crippen molar-refractivity contribution in [3.05, 3.63) is 107 Å². The molecule has 0 aliphatic rings. The van der Waals surface area contributed by atoms with E-state index in [-0.39, 0.29) is 9.80 Å². The largest absolute Gasteiger partial charge is 0.497 e. The van der Waals surface area contributed by atoms with Crippen molar-refractivity contribution in [3.63, 3.8) is 0 Å². The molecule has 1 heterocycles. The topological polar surface area (TPSA) is 85.0 Å². The second-order valence-corrected chi connectivity index (χ2v) is 9.20. The van der Waals surface area contributed by atoms with Gasteiger partial charge in [0.05, 0.1) is 24.2 Å². The number of methoxy groups -OCH3 is 1. The Balaban J connectivity index is 1.81. The number of benzene rings is 3. The normalized spacial score (nSPS) is 11.7. The quantitative estimate of drug-likeness (QED) is 0.368. The minimum Gasteiger partial charge on any atom is -0.497 e. The first kappa shape index (κ1) is 22.1. The number of nitriles is 1. The lowest BCUT2D eigenvalue weighted by molar-refractivity contribution is 0.415. The molecule has 0 unspecified atom stereocenters. The molecule has 1 aromatic heterocycles. The number of rotatable bonds is 7. The number of allylic oxidation sites excluding steroid dienone is 1. The number of nitrogens with zero attached hydrogens (tertiary/aromatic N) is 3. The molecule has 0 saturated carbocycles. The predicted molar refractivity (Wildman–Crippen MR) is 127 cm³/mol. The molecule has 0 amide bonds. The highest BCUT2D eigenvalue weighted by atomic mass is 32.2. The van der Waals surface area contributed by atoms with Crippen LogP contribution in [0.4, 0.5) is 0 Å². The summed E-state index contributed by atoms with van der Waals surface area (Å²) < 4.78 is 33.1. The molecular formula is C26H21N3O3S. The lowest BCUT2D eigenvalue weighted by atomic mass is 10.1. The molecule has 0 atom stereocenters. The molecular weight excluding hydrogens is 434 g/mol. The van der Waals surface area contributed by atoms with Crippen molar-refractivity contribution in [2.24, 2.45) is 0 Å². The molecule has 0 spiro atoms. The van der Waals surface area contributed by atoms with Gasteiger partial charge in [-0.15, -0.1) is 0 Å². The molecule has 0 aliphatic carbocycles. The predicted octanol–water partition coefficient (Wildman–Crippen LogP) is 4.95. The summed E-state index contributed by atoms with van der Waals surface area (Å²) in [5.74, 6) is 0.698. The lowest BCUT2D eigenvalue weighted by Gasteiger charge is -2.04. The molecule has 4 rings (SSSR count). The number of hydrogen-bond donors (Lipinski definition) is 0. The summed E-state index contributed by atoms with van der Waals surface area (Å²) in [6, 6.07) is 26.9. The Kier molecular flexibility index (Phi) is 6.38. The van der Waals surface area contributed by atoms with Crippen LogP contribution in [-0.2, 0) is 16.4 Å². The average molecular weight is 456 g/mol. The molecule has 0 bridgehead atoms. The molecule has 0 radical (unpaired) electrons. The van der Waals surface area contributed by atoms with Crippen LogP contribution in [0.3, 0.4) is 0 Å². The molecule has 0 saturated heterocycles. The fraction of sp³-hybridized carbons (Fsp3) is 0.0769. The van der Waals surface area contributed by atoms with Crippen LogP contribution in [0.2, 0.25) is 0 Å². The standard InChI is InChI=1S/C26H21N3O3S/c1-32-23-14-12-21(13-15-23)26-22(19-29(28-26)18-20-8-4-2-5-9-20)16-25(17-27)33(30,31)24-10-6-3-7-11-24/h2-16,19H,18H2,1H3. The maximum atomic E-state index is 13.1. The Morgan fingerprint density at radius 1 is 1.00 bits per heavy atom. The number of hydrogen-bond acceptors (Lipinski definition) is 5. The fourth-order valence-corrected chi connectivity index (χ4v) is 4.58. The van der Waals surface area contributed by atoms with Gasteiger partial charge in [0.2, 0.25) is 9.84 Å². The van der Waals surface area contributed by atoms with Gasteiger partial charge in [0.25, 0.3) is 0 Å². The Morgan fingerprint density at radius 3 is 2.24 bits per heavy atom. The van der Waals surface area contributed by atoms with Crippen LogP contribution in [-0.4, -0.2) is 25.3 Å². The monoisotopic (exact) mass is 455 g/mol. The maximum absolute atomic E-state index is 13.1. The Hall–Kier alpha value is -4.15. The molecule has 4 aromatic rings. The van der Waals surface area contributed by atoms with Gasteiger partial charge in [-0.25, -0.2) is 8.42 Å². The first-order chi connectivity index (χ1) is 16.0. The van der Waals surface area contributed by atoms with E-state index in [2.05, 4.69) is 0 Å². The number of sulfone groups is 1. The first-order valence-electron chi connectivity index (χ1n) is 10.2. The molecule has 0 fully saturated rings. The van der Waals surface area contributed by atoms with Gasteiger partial charge in [0, 0.05) is 17.3 Å². The van der Waals surface area contributed by atoms with Crippen LogP contribution in [0.15, 0.2) is 101 Å². The molecule has 164 valence electrons. The van der Waals surface area contributed by atoms with Crippen LogP contribution in [0.1, 0.15) is 11.1 Å². The van der Waals surface area contributed by atoms with E-state index >= 15 is 0 Å². The van der Waals surface area contributed by atoms with Crippen molar-refractivity contribution >= 4 is 15.9 Å². The van der Waals surface area contributed by atoms with E-state index in [1.54, 1.807) is 36.2 Å². The Labute approximate surface area is 192 Å². The van der Waals surface area contributed by atoms with Crippen molar-refractivity contribution < 1.29 is 13.2 Å². The van der Waals surface area contributed by atoms with Gasteiger partial charge in [-0.05, 0) is 48.0 Å². The third-order valence-corrected chi connectivity index (χ3v) is 6.76. The van der Waals surface area contributed by atoms with E-state index in [1.807, 2.05) is 60.7 Å². The SMILES string of the molecule is COc1ccc(-c2nn(Cc3ccccc3)cc2C=C(C#N)S(=O)(=O)c2ccccc2)cc1. The van der Waals surface area contributed by atoms with Crippen LogP contribution in [0.25, 0.3) is 17.3 Å². The second-order valence-electron chi connectivity index (χ2n) is 7.28. The Morgan fingerprint density at radius 2 is 1.64 bits per heavy atom. The van der Waals surface area contributed by atoms with E-state index in [1.165, 1.54) is 18.2 Å². The van der Waals surface area contributed by atoms with E-state index < -0.39 is 9.84 Å². The van der Waals surface area contributed by atoms with Gasteiger partial charge in [-0.1, -0.05) is 48.5 Å². The molecule has 0 N–H and O–H groups in total. The highest BCUT2D eigenvalue weighted by Crippen LogP contribution is 2.28. The van der Waals surface area contributed by atoms with E-state index in [0.717, 1.165) is 11.1 Å². The minimum atomic E-state index is -3.97. The van der Waals surface area contributed by atoms with E-state index in [9.17, 15) is 13.7 Å². The summed E-state index contributed by atoms with van der Waals surface area (Å²) in [6.07, 6.45) is 3.14. The van der Waals surface area contributed by atoms with Crippen molar-refractivity contribution in [1.29, 1.82) is 5.26 Å². The number of aromatic nitrogens is 2. The molecule has 7 heteroatoms. The summed E-state index contributed by atoms with van der Waals surface area (Å²) >= 11 is 0. The van der Waals surface area contributed by atoms with Crippen LogP contribution in [0.5, 0.6) is 5.75 Å². The molecule has 6 nitrogen and oxygen atoms in total. The zero-order chi connectivity index (χ0) is 23.3. The van der Waals surface area contributed by atoms with Crippen molar-refractivity contribution in [3.8, 4) is 23.1 Å². The molecule has 0 aliphatic heterocycles. The van der Waals surface area contributed by atoms with Crippen molar-refractivity contribution in [2.75, 3.05) is 7.11 Å². The summed E-state index contributed by atoms with van der Waals surface area (Å²) in [6.45, 7) is 0.505. The van der Waals surface area contributed by atoms with Gasteiger partial charge in [0.1, 0.15) is 16.7 Å². The smallest absolute Gasteiger partial charge is 0.216 e. The van der Waals surface area contributed by atoms with Gasteiger partial charge in [-0.3, -0.25) is 4.68 Å². The summed E-state index contributed by atoms with van der Waals surface area (Å²) in [5, 5.41) is 14.4. The Bertz CT molecular complexity index is 1420. The fourth-order valence-electron chi connectivity index (χ4n) is 3.40. The maximum Gasteiger partial charge on any atom is 0.216 e. The molecule has 33 heavy (non-hydrogen) atoms. The van der Waals surface area contributed by atoms with E-state index in [4.69, 9.17) is 9.84 Å². The summed E-state index contributed by atoms with van der Waals surface area (Å²) in [4.78, 5) is -0.275. The minimum absolute atomic E-state index is 0.0699. The van der Waals surface area contributed by atoms with Gasteiger partial charge < -0.3 is 4.74 Å². The molecule has 3 aromatic carbocycles. The van der Waals surface area contributed by atoms with Gasteiger partial charge in [0.15, 0.2) is 0 Å². The summed E-state index contributed by atoms with van der Waals surface area (Å²) in [7, 11) is -2.38. The zero-order valence-corrected chi connectivity index (χ0v) is 18.7. The lowest BCUT2D eigenvalue weighted by Crippen LogP contribution is -2.03. The van der Waals surface area contributed by atoms with Gasteiger partial charge in [-0.2, -0.15) is 10.4 Å². The highest BCUT2D eigenvalue weighted by Gasteiger charge is 2.22. The number of ether oxygens (including phenoxy) is 1. The van der Waals surface area contributed by atoms with Gasteiger partial charge >= 0.3 is 0 Å². The second kappa shape index (κ2) is 9.55. The highest BCUT2D eigenvalue weighted by molar-refractivity contribution is 7.95. The summed E-state index contributed by atoms with van der Waals surface area (Å²) in [5.41, 5.74) is 2.94. The first-order valence-corrected chi connectivity index (χ1v) is 11.7. The van der Waals surface area contributed by atoms with Crippen molar-refractivity contribution in [2.45, 2.75) is 11.4 Å².